The van der Waals surface area contributed by atoms with E-state index in [0.29, 0.717) is 17.7 Å². The summed E-state index contributed by atoms with van der Waals surface area (Å²) >= 11 is 0. The Hall–Kier alpha value is -3.44. The maximum absolute atomic E-state index is 12.1. The molecule has 5 heteroatoms. The lowest BCUT2D eigenvalue weighted by molar-refractivity contribution is -0.155. The summed E-state index contributed by atoms with van der Waals surface area (Å²) in [6, 6.07) is 23.5. The molecule has 1 atom stereocenters. The number of rotatable bonds is 7. The molecule has 0 heterocycles. The minimum Gasteiger partial charge on any atom is -0.459 e. The van der Waals surface area contributed by atoms with Gasteiger partial charge in [-0.25, -0.2) is 4.79 Å². The normalized spacial score (nSPS) is 11.5. The molecule has 29 heavy (non-hydrogen) atoms. The van der Waals surface area contributed by atoms with Crippen LogP contribution < -0.4 is 4.74 Å². The number of aliphatic hydroxyl groups excluding tert-OH is 1. The molecule has 0 aromatic heterocycles. The molecule has 0 saturated carbocycles. The van der Waals surface area contributed by atoms with Crippen molar-refractivity contribution in [3.05, 3.63) is 90.0 Å². The standard InChI is InChI=1S/C24H22O5/c1-2-22(25)29-21-14-12-19(13-15-21)18-8-10-20(11-9-18)23(26)24(27)28-16-17-6-4-3-5-7-17/h3-15,23,26H,2,16H2,1H3. The van der Waals surface area contributed by atoms with Crippen LogP contribution in [0.4, 0.5) is 0 Å². The van der Waals surface area contributed by atoms with Crippen LogP contribution in [0.25, 0.3) is 11.1 Å². The van der Waals surface area contributed by atoms with Gasteiger partial charge in [-0.15, -0.1) is 0 Å². The number of hydrogen-bond donors (Lipinski definition) is 1. The Morgan fingerprint density at radius 3 is 2.03 bits per heavy atom. The van der Waals surface area contributed by atoms with Gasteiger partial charge in [-0.05, 0) is 34.4 Å². The minimum absolute atomic E-state index is 0.115. The van der Waals surface area contributed by atoms with Crippen molar-refractivity contribution in [1.82, 2.24) is 0 Å². The smallest absolute Gasteiger partial charge is 0.339 e. The highest BCUT2D eigenvalue weighted by Gasteiger charge is 2.19. The molecule has 0 saturated heterocycles. The van der Waals surface area contributed by atoms with E-state index >= 15 is 0 Å². The van der Waals surface area contributed by atoms with Crippen LogP contribution >= 0.6 is 0 Å². The molecule has 0 bridgehead atoms. The summed E-state index contributed by atoms with van der Waals surface area (Å²) < 4.78 is 10.3. The van der Waals surface area contributed by atoms with Gasteiger partial charge in [0.05, 0.1) is 0 Å². The predicted molar refractivity (Wildman–Crippen MR) is 109 cm³/mol. The molecule has 148 valence electrons. The molecular weight excluding hydrogens is 368 g/mol. The van der Waals surface area contributed by atoms with Gasteiger partial charge in [-0.2, -0.15) is 0 Å². The van der Waals surface area contributed by atoms with Crippen LogP contribution in [0, 0.1) is 0 Å². The van der Waals surface area contributed by atoms with E-state index in [1.807, 2.05) is 54.6 Å². The van der Waals surface area contributed by atoms with E-state index in [-0.39, 0.29) is 12.6 Å². The van der Waals surface area contributed by atoms with E-state index in [0.717, 1.165) is 16.7 Å². The van der Waals surface area contributed by atoms with Gasteiger partial charge in [-0.1, -0.05) is 73.7 Å². The van der Waals surface area contributed by atoms with E-state index in [9.17, 15) is 14.7 Å². The van der Waals surface area contributed by atoms with Gasteiger partial charge in [0.1, 0.15) is 12.4 Å². The summed E-state index contributed by atoms with van der Waals surface area (Å²) in [4.78, 5) is 23.4. The number of aliphatic hydroxyl groups is 1. The molecule has 0 amide bonds. The molecule has 0 spiro atoms. The number of hydrogen-bond acceptors (Lipinski definition) is 5. The molecule has 3 aromatic rings. The largest absolute Gasteiger partial charge is 0.459 e. The van der Waals surface area contributed by atoms with Crippen molar-refractivity contribution in [2.75, 3.05) is 0 Å². The monoisotopic (exact) mass is 390 g/mol. The molecule has 1 unspecified atom stereocenters. The Labute approximate surface area is 169 Å². The van der Waals surface area contributed by atoms with Crippen molar-refractivity contribution in [1.29, 1.82) is 0 Å². The molecule has 1 N–H and O–H groups in total. The molecule has 0 aliphatic rings. The predicted octanol–water partition coefficient (Wildman–Crippen LogP) is 4.45. The van der Waals surface area contributed by atoms with Crippen molar-refractivity contribution < 1.29 is 24.2 Å². The first-order valence-corrected chi connectivity index (χ1v) is 9.36. The summed E-state index contributed by atoms with van der Waals surface area (Å²) in [6.07, 6.45) is -1.03. The second kappa shape index (κ2) is 9.66. The quantitative estimate of drug-likeness (QED) is 0.477. The average Bonchev–Trinajstić information content (AvgIpc) is 2.78. The summed E-state index contributed by atoms with van der Waals surface area (Å²) in [6.45, 7) is 1.86. The highest BCUT2D eigenvalue weighted by Crippen LogP contribution is 2.25. The average molecular weight is 390 g/mol. The molecule has 5 nitrogen and oxygen atoms in total. The fraction of sp³-hybridized carbons (Fsp3) is 0.167. The molecule has 0 fully saturated rings. The fourth-order valence-corrected chi connectivity index (χ4v) is 2.72. The third kappa shape index (κ3) is 5.53. The first kappa shape index (κ1) is 20.3. The van der Waals surface area contributed by atoms with Crippen LogP contribution in [0.2, 0.25) is 0 Å². The third-order valence-corrected chi connectivity index (χ3v) is 4.38. The van der Waals surface area contributed by atoms with Crippen LogP contribution in [-0.2, 0) is 20.9 Å². The Morgan fingerprint density at radius 2 is 1.45 bits per heavy atom. The number of ether oxygens (including phenoxy) is 2. The lowest BCUT2D eigenvalue weighted by atomic mass is 10.0. The van der Waals surface area contributed by atoms with E-state index in [4.69, 9.17) is 9.47 Å². The van der Waals surface area contributed by atoms with Crippen molar-refractivity contribution in [2.45, 2.75) is 26.1 Å². The van der Waals surface area contributed by atoms with E-state index in [1.165, 1.54) is 0 Å². The van der Waals surface area contributed by atoms with Crippen LogP contribution in [0.3, 0.4) is 0 Å². The van der Waals surface area contributed by atoms with Crippen LogP contribution in [0.15, 0.2) is 78.9 Å². The molecular formula is C24H22O5. The maximum Gasteiger partial charge on any atom is 0.339 e. The van der Waals surface area contributed by atoms with E-state index in [1.54, 1.807) is 31.2 Å². The Bertz CT molecular complexity index is 947. The first-order valence-electron chi connectivity index (χ1n) is 9.36. The van der Waals surface area contributed by atoms with Crippen LogP contribution in [-0.4, -0.2) is 17.0 Å². The van der Waals surface area contributed by atoms with Gasteiger partial charge >= 0.3 is 11.9 Å². The summed E-state index contributed by atoms with van der Waals surface area (Å²) in [5, 5.41) is 10.2. The SMILES string of the molecule is CCC(=O)Oc1ccc(-c2ccc(C(O)C(=O)OCc3ccccc3)cc2)cc1. The number of carbonyl (C=O) groups excluding carboxylic acids is 2. The number of carbonyl (C=O) groups is 2. The summed E-state index contributed by atoms with van der Waals surface area (Å²) in [5.74, 6) is -0.479. The lowest BCUT2D eigenvalue weighted by Gasteiger charge is -2.12. The second-order valence-electron chi connectivity index (χ2n) is 6.47. The molecule has 0 radical (unpaired) electrons. The zero-order valence-corrected chi connectivity index (χ0v) is 16.1. The van der Waals surface area contributed by atoms with Crippen molar-refractivity contribution >= 4 is 11.9 Å². The highest BCUT2D eigenvalue weighted by atomic mass is 16.5. The van der Waals surface area contributed by atoms with E-state index < -0.39 is 12.1 Å². The van der Waals surface area contributed by atoms with Gasteiger partial charge in [0.2, 0.25) is 0 Å². The van der Waals surface area contributed by atoms with E-state index in [2.05, 4.69) is 0 Å². The van der Waals surface area contributed by atoms with Crippen LogP contribution in [0.1, 0.15) is 30.6 Å². The Morgan fingerprint density at radius 1 is 0.862 bits per heavy atom. The van der Waals surface area contributed by atoms with Gasteiger partial charge in [0, 0.05) is 6.42 Å². The minimum atomic E-state index is -1.34. The Kier molecular flexibility index (Phi) is 6.76. The van der Waals surface area contributed by atoms with Crippen molar-refractivity contribution in [3.8, 4) is 16.9 Å². The van der Waals surface area contributed by atoms with Crippen molar-refractivity contribution in [2.24, 2.45) is 0 Å². The van der Waals surface area contributed by atoms with Gasteiger partial charge in [0.25, 0.3) is 0 Å². The fourth-order valence-electron chi connectivity index (χ4n) is 2.72. The zero-order valence-electron chi connectivity index (χ0n) is 16.1. The van der Waals surface area contributed by atoms with Crippen molar-refractivity contribution in [3.63, 3.8) is 0 Å². The summed E-state index contributed by atoms with van der Waals surface area (Å²) in [5.41, 5.74) is 3.15. The lowest BCUT2D eigenvalue weighted by Crippen LogP contribution is -2.15. The molecule has 3 aromatic carbocycles. The maximum atomic E-state index is 12.1. The van der Waals surface area contributed by atoms with Gasteiger partial charge in [-0.3, -0.25) is 4.79 Å². The topological polar surface area (TPSA) is 72.8 Å². The number of benzene rings is 3. The van der Waals surface area contributed by atoms with Gasteiger partial charge in [0.15, 0.2) is 6.10 Å². The number of esters is 2. The molecule has 3 rings (SSSR count). The van der Waals surface area contributed by atoms with Gasteiger partial charge < -0.3 is 14.6 Å². The first-order chi connectivity index (χ1) is 14.1. The highest BCUT2D eigenvalue weighted by molar-refractivity contribution is 5.77. The molecule has 0 aliphatic heterocycles. The zero-order chi connectivity index (χ0) is 20.6. The molecule has 0 aliphatic carbocycles. The van der Waals surface area contributed by atoms with Crippen LogP contribution in [0.5, 0.6) is 5.75 Å². The Balaban J connectivity index is 1.61. The third-order valence-electron chi connectivity index (χ3n) is 4.38. The summed E-state index contributed by atoms with van der Waals surface area (Å²) in [7, 11) is 0. The second-order valence-corrected chi connectivity index (χ2v) is 6.47.